The van der Waals surface area contributed by atoms with Crippen molar-refractivity contribution in [2.45, 2.75) is 19.8 Å². The number of urea groups is 1. The number of aryl methyl sites for hydroxylation is 1. The molecule has 9 heteroatoms. The van der Waals surface area contributed by atoms with Crippen molar-refractivity contribution in [3.63, 3.8) is 0 Å². The van der Waals surface area contributed by atoms with Gasteiger partial charge < -0.3 is 10.1 Å². The number of carbonyl (C=O) groups is 1. The molecule has 0 spiro atoms. The summed E-state index contributed by atoms with van der Waals surface area (Å²) in [6.45, 7) is 3.47. The van der Waals surface area contributed by atoms with Gasteiger partial charge in [-0.3, -0.25) is 5.32 Å². The highest BCUT2D eigenvalue weighted by Gasteiger charge is 2.20. The zero-order chi connectivity index (χ0) is 19.2. The molecule has 0 unspecified atom stereocenters. The number of halogens is 2. The second-order valence-corrected chi connectivity index (χ2v) is 7.48. The number of hydrogen-bond donors (Lipinski definition) is 2. The van der Waals surface area contributed by atoms with E-state index in [4.69, 9.17) is 16.3 Å². The van der Waals surface area contributed by atoms with Crippen molar-refractivity contribution in [3.8, 4) is 11.8 Å². The van der Waals surface area contributed by atoms with Gasteiger partial charge in [-0.15, -0.1) is 0 Å². The van der Waals surface area contributed by atoms with E-state index in [1.54, 1.807) is 6.92 Å². The maximum atomic E-state index is 13.2. The fraction of sp³-hybridized carbons (Fsp3) is 0.389. The lowest BCUT2D eigenvalue weighted by atomic mass is 10.2. The van der Waals surface area contributed by atoms with Gasteiger partial charge in [0, 0.05) is 31.0 Å². The molecule has 1 aliphatic rings. The Hall–Kier alpha value is -2.21. The van der Waals surface area contributed by atoms with E-state index in [9.17, 15) is 9.18 Å². The predicted molar refractivity (Wildman–Crippen MR) is 103 cm³/mol. The summed E-state index contributed by atoms with van der Waals surface area (Å²) in [7, 11) is 0. The number of carbonyl (C=O) groups excluding carboxylic acids is 1. The lowest BCUT2D eigenvalue weighted by molar-refractivity contribution is 0.127. The van der Waals surface area contributed by atoms with Crippen molar-refractivity contribution in [1.29, 1.82) is 0 Å². The van der Waals surface area contributed by atoms with Crippen molar-refractivity contribution >= 4 is 34.1 Å². The van der Waals surface area contributed by atoms with Crippen LogP contribution in [-0.4, -0.2) is 35.8 Å². The third-order valence-electron chi connectivity index (χ3n) is 3.73. The average Bonchev–Trinajstić information content (AvgIpc) is 3.38. The number of rotatable bonds is 6. The zero-order valence-electron chi connectivity index (χ0n) is 14.6. The second-order valence-electron chi connectivity index (χ2n) is 6.07. The molecule has 2 aromatic heterocycles. The van der Waals surface area contributed by atoms with E-state index in [2.05, 4.69) is 32.4 Å². The molecule has 1 saturated carbocycles. The second kappa shape index (κ2) is 9.13. The van der Waals surface area contributed by atoms with E-state index in [0.29, 0.717) is 40.3 Å². The van der Waals surface area contributed by atoms with Crippen LogP contribution in [0.5, 0.6) is 0 Å². The van der Waals surface area contributed by atoms with Gasteiger partial charge in [-0.1, -0.05) is 28.9 Å². The van der Waals surface area contributed by atoms with Gasteiger partial charge in [0.1, 0.15) is 4.88 Å². The lowest BCUT2D eigenvalue weighted by Gasteiger charge is -2.05. The summed E-state index contributed by atoms with van der Waals surface area (Å²) in [5.41, 5.74) is 1.01. The maximum Gasteiger partial charge on any atom is 0.321 e. The number of ether oxygens (including phenoxy) is 1. The highest BCUT2D eigenvalue weighted by molar-refractivity contribution is 7.16. The summed E-state index contributed by atoms with van der Waals surface area (Å²) in [6, 6.07) is 0.821. The number of nitrogens with zero attached hydrogens (tertiary/aromatic N) is 2. The van der Waals surface area contributed by atoms with Crippen LogP contribution >= 0.6 is 22.9 Å². The van der Waals surface area contributed by atoms with Crippen molar-refractivity contribution in [3.05, 3.63) is 39.4 Å². The van der Waals surface area contributed by atoms with Crippen LogP contribution in [0.4, 0.5) is 14.3 Å². The molecular weight excluding hydrogens is 391 g/mol. The third kappa shape index (κ3) is 6.17. The Morgan fingerprint density at radius 1 is 1.48 bits per heavy atom. The first-order valence-corrected chi connectivity index (χ1v) is 9.64. The Bertz CT molecular complexity index is 889. The standard InChI is InChI=1S/C18H18ClFN4O2S/c1-11-15(5-4-13-8-16(20)22-9-14(13)19)27-18(23-11)24-17(25)21-6-7-26-10-12-2-3-12/h8-9,12H,2-3,6-7,10H2,1H3,(H2,21,23,24,25). The fourth-order valence-electron chi connectivity index (χ4n) is 2.11. The monoisotopic (exact) mass is 408 g/mol. The minimum absolute atomic E-state index is 0.271. The maximum absolute atomic E-state index is 13.2. The molecule has 0 bridgehead atoms. The number of amides is 2. The molecule has 2 amide bonds. The Balaban J connectivity index is 1.52. The van der Waals surface area contributed by atoms with Gasteiger partial charge >= 0.3 is 6.03 Å². The zero-order valence-corrected chi connectivity index (χ0v) is 16.2. The molecule has 2 N–H and O–H groups in total. The number of aromatic nitrogens is 2. The molecule has 2 aromatic rings. The summed E-state index contributed by atoms with van der Waals surface area (Å²) in [5, 5.41) is 6.09. The largest absolute Gasteiger partial charge is 0.379 e. The Kier molecular flexibility index (Phi) is 6.61. The number of thiazole rings is 1. The number of pyridine rings is 1. The Morgan fingerprint density at radius 2 is 2.30 bits per heavy atom. The average molecular weight is 409 g/mol. The van der Waals surface area contributed by atoms with Crippen molar-refractivity contribution < 1.29 is 13.9 Å². The van der Waals surface area contributed by atoms with E-state index in [-0.39, 0.29) is 11.1 Å². The summed E-state index contributed by atoms with van der Waals surface area (Å²) in [5.74, 6) is 5.76. The number of anilines is 1. The molecule has 27 heavy (non-hydrogen) atoms. The molecule has 0 aliphatic heterocycles. The van der Waals surface area contributed by atoms with Gasteiger partial charge in [0.2, 0.25) is 5.95 Å². The van der Waals surface area contributed by atoms with Gasteiger partial charge in [-0.25, -0.2) is 14.8 Å². The molecule has 6 nitrogen and oxygen atoms in total. The van der Waals surface area contributed by atoms with Gasteiger partial charge in [0.05, 0.1) is 17.3 Å². The molecular formula is C18H18ClFN4O2S. The smallest absolute Gasteiger partial charge is 0.321 e. The summed E-state index contributed by atoms with van der Waals surface area (Å²) >= 11 is 7.18. The van der Waals surface area contributed by atoms with Crippen LogP contribution in [0.3, 0.4) is 0 Å². The van der Waals surface area contributed by atoms with E-state index < -0.39 is 5.95 Å². The SMILES string of the molecule is Cc1nc(NC(=O)NCCOCC2CC2)sc1C#Cc1cc(F)ncc1Cl. The molecule has 0 aromatic carbocycles. The van der Waals surface area contributed by atoms with Crippen LogP contribution in [0, 0.1) is 30.6 Å². The molecule has 142 valence electrons. The Labute approximate surface area is 165 Å². The van der Waals surface area contributed by atoms with E-state index >= 15 is 0 Å². The highest BCUT2D eigenvalue weighted by atomic mass is 35.5. The summed E-state index contributed by atoms with van der Waals surface area (Å²) in [6.07, 6.45) is 3.70. The van der Waals surface area contributed by atoms with E-state index in [1.807, 2.05) is 0 Å². The van der Waals surface area contributed by atoms with Crippen molar-refractivity contribution in [2.75, 3.05) is 25.1 Å². The van der Waals surface area contributed by atoms with E-state index in [1.165, 1.54) is 36.4 Å². The quantitative estimate of drug-likeness (QED) is 0.435. The number of nitrogens with one attached hydrogen (secondary N) is 2. The molecule has 1 aliphatic carbocycles. The van der Waals surface area contributed by atoms with Crippen LogP contribution in [0.25, 0.3) is 0 Å². The highest BCUT2D eigenvalue weighted by Crippen LogP contribution is 2.28. The molecule has 0 saturated heterocycles. The molecule has 1 fully saturated rings. The molecule has 3 rings (SSSR count). The van der Waals surface area contributed by atoms with Gasteiger partial charge in [-0.2, -0.15) is 4.39 Å². The third-order valence-corrected chi connectivity index (χ3v) is 5.02. The summed E-state index contributed by atoms with van der Waals surface area (Å²) in [4.78, 5) is 20.3. The minimum atomic E-state index is -0.648. The van der Waals surface area contributed by atoms with Crippen LogP contribution in [-0.2, 0) is 4.74 Å². The minimum Gasteiger partial charge on any atom is -0.379 e. The van der Waals surface area contributed by atoms with Crippen molar-refractivity contribution in [1.82, 2.24) is 15.3 Å². The normalized spacial score (nSPS) is 13.0. The lowest BCUT2D eigenvalue weighted by Crippen LogP contribution is -2.31. The molecule has 0 radical (unpaired) electrons. The topological polar surface area (TPSA) is 76.1 Å². The molecule has 0 atom stereocenters. The summed E-state index contributed by atoms with van der Waals surface area (Å²) < 4.78 is 18.6. The van der Waals surface area contributed by atoms with Crippen LogP contribution in [0.1, 0.15) is 29.0 Å². The van der Waals surface area contributed by atoms with Crippen LogP contribution in [0.15, 0.2) is 12.3 Å². The van der Waals surface area contributed by atoms with Gasteiger partial charge in [0.15, 0.2) is 5.13 Å². The predicted octanol–water partition coefficient (Wildman–Crippen LogP) is 3.59. The first-order valence-electron chi connectivity index (χ1n) is 8.44. The molecule has 2 heterocycles. The van der Waals surface area contributed by atoms with Crippen LogP contribution in [0.2, 0.25) is 5.02 Å². The van der Waals surface area contributed by atoms with Gasteiger partial charge in [0.25, 0.3) is 0 Å². The van der Waals surface area contributed by atoms with Gasteiger partial charge in [-0.05, 0) is 31.6 Å². The van der Waals surface area contributed by atoms with E-state index in [0.717, 1.165) is 6.61 Å². The Morgan fingerprint density at radius 3 is 3.07 bits per heavy atom. The first kappa shape index (κ1) is 19.5. The van der Waals surface area contributed by atoms with Crippen LogP contribution < -0.4 is 10.6 Å². The first-order chi connectivity index (χ1) is 13.0. The van der Waals surface area contributed by atoms with Crippen molar-refractivity contribution in [2.24, 2.45) is 5.92 Å². The number of hydrogen-bond acceptors (Lipinski definition) is 5. The fourth-order valence-corrected chi connectivity index (χ4v) is 3.08.